The average Bonchev–Trinajstić information content (AvgIpc) is 2.75. The van der Waals surface area contributed by atoms with Crippen LogP contribution in [0, 0.1) is 0 Å². The normalized spacial score (nSPS) is 19.0. The maximum Gasteiger partial charge on any atom is 0.253 e. The number of carbonyl (C=O) groups excluding carboxylic acids is 1. The molecule has 142 valence electrons. The molecule has 0 atom stereocenters. The van der Waals surface area contributed by atoms with Gasteiger partial charge in [0.25, 0.3) is 5.91 Å². The number of benzene rings is 1. The number of amides is 1. The summed E-state index contributed by atoms with van der Waals surface area (Å²) < 4.78 is 11.3. The van der Waals surface area contributed by atoms with Crippen molar-refractivity contribution in [1.82, 2.24) is 9.88 Å². The van der Waals surface area contributed by atoms with Crippen molar-refractivity contribution in [2.75, 3.05) is 26.3 Å². The first-order chi connectivity index (χ1) is 13.3. The van der Waals surface area contributed by atoms with E-state index in [2.05, 4.69) is 17.1 Å². The maximum atomic E-state index is 12.8. The molecule has 2 aliphatic heterocycles. The zero-order chi connectivity index (χ0) is 18.5. The quantitative estimate of drug-likeness (QED) is 0.829. The SMILES string of the molecule is O=C(c1ccc(OC2CCOCC2)cc1)N1CCC(c2ccncc2)CC1. The van der Waals surface area contributed by atoms with Crippen LogP contribution in [-0.4, -0.2) is 48.2 Å². The van der Waals surface area contributed by atoms with Gasteiger partial charge in [0.15, 0.2) is 0 Å². The van der Waals surface area contributed by atoms with Crippen molar-refractivity contribution in [2.45, 2.75) is 37.7 Å². The Hall–Kier alpha value is -2.40. The van der Waals surface area contributed by atoms with Gasteiger partial charge in [-0.1, -0.05) is 0 Å². The molecule has 27 heavy (non-hydrogen) atoms. The number of pyridine rings is 1. The topological polar surface area (TPSA) is 51.7 Å². The van der Waals surface area contributed by atoms with Gasteiger partial charge in [-0.2, -0.15) is 0 Å². The van der Waals surface area contributed by atoms with Crippen molar-refractivity contribution in [1.29, 1.82) is 0 Å². The summed E-state index contributed by atoms with van der Waals surface area (Å²) in [6.07, 6.45) is 7.75. The lowest BCUT2D eigenvalue weighted by atomic mass is 9.90. The van der Waals surface area contributed by atoms with Crippen LogP contribution in [0.5, 0.6) is 5.75 Å². The Bertz CT molecular complexity index is 734. The van der Waals surface area contributed by atoms with E-state index in [1.54, 1.807) is 0 Å². The van der Waals surface area contributed by atoms with Crippen LogP contribution in [0.4, 0.5) is 0 Å². The molecule has 1 amide bonds. The third-order valence-electron chi connectivity index (χ3n) is 5.53. The highest BCUT2D eigenvalue weighted by atomic mass is 16.5. The number of rotatable bonds is 4. The minimum atomic E-state index is 0.112. The number of hydrogen-bond acceptors (Lipinski definition) is 4. The highest BCUT2D eigenvalue weighted by molar-refractivity contribution is 5.94. The molecule has 1 aromatic carbocycles. The van der Waals surface area contributed by atoms with Crippen molar-refractivity contribution in [3.8, 4) is 5.75 Å². The highest BCUT2D eigenvalue weighted by Gasteiger charge is 2.24. The second-order valence-corrected chi connectivity index (χ2v) is 7.30. The van der Waals surface area contributed by atoms with Crippen molar-refractivity contribution in [3.63, 3.8) is 0 Å². The molecular formula is C22H26N2O3. The van der Waals surface area contributed by atoms with E-state index in [1.807, 2.05) is 41.6 Å². The average molecular weight is 366 g/mol. The van der Waals surface area contributed by atoms with Crippen LogP contribution in [0.1, 0.15) is 47.5 Å². The third kappa shape index (κ3) is 4.48. The van der Waals surface area contributed by atoms with Gasteiger partial charge in [-0.25, -0.2) is 0 Å². The predicted octanol–water partition coefficient (Wildman–Crippen LogP) is 3.66. The van der Waals surface area contributed by atoms with E-state index in [1.165, 1.54) is 5.56 Å². The van der Waals surface area contributed by atoms with Crippen molar-refractivity contribution in [2.24, 2.45) is 0 Å². The van der Waals surface area contributed by atoms with Crippen molar-refractivity contribution < 1.29 is 14.3 Å². The molecule has 5 nitrogen and oxygen atoms in total. The molecule has 0 bridgehead atoms. The van der Waals surface area contributed by atoms with Gasteiger partial charge in [0.05, 0.1) is 13.2 Å². The van der Waals surface area contributed by atoms with E-state index >= 15 is 0 Å². The summed E-state index contributed by atoms with van der Waals surface area (Å²) in [5.41, 5.74) is 2.06. The monoisotopic (exact) mass is 366 g/mol. The summed E-state index contributed by atoms with van der Waals surface area (Å²) in [4.78, 5) is 18.9. The maximum absolute atomic E-state index is 12.8. The van der Waals surface area contributed by atoms with Gasteiger partial charge < -0.3 is 14.4 Å². The summed E-state index contributed by atoms with van der Waals surface area (Å²) in [6.45, 7) is 3.12. The molecule has 2 aromatic rings. The summed E-state index contributed by atoms with van der Waals surface area (Å²) >= 11 is 0. The van der Waals surface area contributed by atoms with Crippen molar-refractivity contribution >= 4 is 5.91 Å². The van der Waals surface area contributed by atoms with Gasteiger partial charge in [0.1, 0.15) is 11.9 Å². The van der Waals surface area contributed by atoms with Crippen LogP contribution in [0.3, 0.4) is 0 Å². The minimum Gasteiger partial charge on any atom is -0.490 e. The molecule has 4 rings (SSSR count). The Morgan fingerprint density at radius 2 is 1.63 bits per heavy atom. The lowest BCUT2D eigenvalue weighted by Gasteiger charge is -2.32. The number of ether oxygens (including phenoxy) is 2. The molecule has 2 aliphatic rings. The Balaban J connectivity index is 1.32. The molecule has 5 heteroatoms. The molecule has 2 fully saturated rings. The van der Waals surface area contributed by atoms with Crippen LogP contribution < -0.4 is 4.74 Å². The van der Waals surface area contributed by atoms with Crippen LogP contribution in [-0.2, 0) is 4.74 Å². The van der Waals surface area contributed by atoms with E-state index in [0.717, 1.165) is 63.3 Å². The van der Waals surface area contributed by atoms with Crippen LogP contribution in [0.15, 0.2) is 48.8 Å². The van der Waals surface area contributed by atoms with Crippen molar-refractivity contribution in [3.05, 3.63) is 59.9 Å². The lowest BCUT2D eigenvalue weighted by Crippen LogP contribution is -2.37. The van der Waals surface area contributed by atoms with E-state index in [4.69, 9.17) is 9.47 Å². The molecule has 0 saturated carbocycles. The Morgan fingerprint density at radius 3 is 2.30 bits per heavy atom. The van der Waals surface area contributed by atoms with Crippen LogP contribution in [0.25, 0.3) is 0 Å². The number of carbonyl (C=O) groups is 1. The molecule has 0 unspecified atom stereocenters. The first kappa shape index (κ1) is 18.0. The number of piperidine rings is 1. The van der Waals surface area contributed by atoms with Gasteiger partial charge in [-0.05, 0) is 60.7 Å². The van der Waals surface area contributed by atoms with Crippen LogP contribution in [0.2, 0.25) is 0 Å². The predicted molar refractivity (Wildman–Crippen MR) is 103 cm³/mol. The van der Waals surface area contributed by atoms with Gasteiger partial charge in [0.2, 0.25) is 0 Å². The second-order valence-electron chi connectivity index (χ2n) is 7.30. The number of nitrogens with zero attached hydrogens (tertiary/aromatic N) is 2. The molecule has 1 aromatic heterocycles. The lowest BCUT2D eigenvalue weighted by molar-refractivity contribution is 0.0256. The van der Waals surface area contributed by atoms with Gasteiger partial charge in [-0.3, -0.25) is 9.78 Å². The fraction of sp³-hybridized carbons (Fsp3) is 0.455. The van der Waals surface area contributed by atoms with Gasteiger partial charge >= 0.3 is 0 Å². The van der Waals surface area contributed by atoms with E-state index in [0.29, 0.717) is 5.92 Å². The molecule has 3 heterocycles. The van der Waals surface area contributed by atoms with Gasteiger partial charge in [-0.15, -0.1) is 0 Å². The van der Waals surface area contributed by atoms with E-state index in [-0.39, 0.29) is 12.0 Å². The summed E-state index contributed by atoms with van der Waals surface area (Å²) in [6, 6.07) is 11.7. The molecule has 2 saturated heterocycles. The zero-order valence-electron chi connectivity index (χ0n) is 15.5. The third-order valence-corrected chi connectivity index (χ3v) is 5.53. The highest BCUT2D eigenvalue weighted by Crippen LogP contribution is 2.28. The molecular weight excluding hydrogens is 340 g/mol. The molecule has 0 aliphatic carbocycles. The summed E-state index contributed by atoms with van der Waals surface area (Å²) in [5.74, 6) is 1.46. The van der Waals surface area contributed by atoms with Crippen LogP contribution >= 0.6 is 0 Å². The van der Waals surface area contributed by atoms with E-state index < -0.39 is 0 Å². The largest absolute Gasteiger partial charge is 0.490 e. The molecule has 0 radical (unpaired) electrons. The van der Waals surface area contributed by atoms with E-state index in [9.17, 15) is 4.79 Å². The number of likely N-dealkylation sites (tertiary alicyclic amines) is 1. The van der Waals surface area contributed by atoms with Gasteiger partial charge in [0, 0.05) is 43.9 Å². The molecule has 0 N–H and O–H groups in total. The fourth-order valence-corrected chi connectivity index (χ4v) is 3.90. The number of aromatic nitrogens is 1. The Labute approximate surface area is 160 Å². The first-order valence-corrected chi connectivity index (χ1v) is 9.83. The number of hydrogen-bond donors (Lipinski definition) is 0. The first-order valence-electron chi connectivity index (χ1n) is 9.83. The second kappa shape index (κ2) is 8.53. The molecule has 0 spiro atoms. The Morgan fingerprint density at radius 1 is 0.963 bits per heavy atom. The Kier molecular flexibility index (Phi) is 5.68. The minimum absolute atomic E-state index is 0.112. The summed E-state index contributed by atoms with van der Waals surface area (Å²) in [7, 11) is 0. The summed E-state index contributed by atoms with van der Waals surface area (Å²) in [5, 5.41) is 0. The standard InChI is InChI=1S/C22H26N2O3/c25-22(24-13-7-18(8-14-24)17-5-11-23-12-6-17)19-1-3-20(4-2-19)27-21-9-15-26-16-10-21/h1-6,11-12,18,21H,7-10,13-16H2. The smallest absolute Gasteiger partial charge is 0.253 e. The zero-order valence-corrected chi connectivity index (χ0v) is 15.5. The fourth-order valence-electron chi connectivity index (χ4n) is 3.90.